The summed E-state index contributed by atoms with van der Waals surface area (Å²) in [5.41, 5.74) is 2.55. The van der Waals surface area contributed by atoms with Gasteiger partial charge in [-0.05, 0) is 31.0 Å². The van der Waals surface area contributed by atoms with Crippen molar-refractivity contribution in [1.82, 2.24) is 4.90 Å². The molecule has 2 heterocycles. The molecule has 0 atom stereocenters. The summed E-state index contributed by atoms with van der Waals surface area (Å²) >= 11 is 0. The Balaban J connectivity index is 1.52. The number of benzene rings is 1. The number of esters is 1. The Labute approximate surface area is 136 Å². The van der Waals surface area contributed by atoms with Gasteiger partial charge in [0.05, 0.1) is 6.61 Å². The predicted octanol–water partition coefficient (Wildman–Crippen LogP) is 2.67. The van der Waals surface area contributed by atoms with E-state index in [4.69, 9.17) is 14.2 Å². The van der Waals surface area contributed by atoms with Crippen molar-refractivity contribution in [2.75, 3.05) is 26.5 Å². The highest BCUT2D eigenvalue weighted by atomic mass is 16.7. The summed E-state index contributed by atoms with van der Waals surface area (Å²) in [4.78, 5) is 13.6. The van der Waals surface area contributed by atoms with Gasteiger partial charge in [-0.2, -0.15) is 0 Å². The number of hydrogen-bond acceptors (Lipinski definition) is 5. The summed E-state index contributed by atoms with van der Waals surface area (Å²) in [6.07, 6.45) is 6.28. The van der Waals surface area contributed by atoms with E-state index in [0.717, 1.165) is 37.6 Å². The predicted molar refractivity (Wildman–Crippen MR) is 86.3 cm³/mol. The largest absolute Gasteiger partial charge is 0.463 e. The Morgan fingerprint density at radius 3 is 3.09 bits per heavy atom. The van der Waals surface area contributed by atoms with Crippen molar-refractivity contribution in [3.05, 3.63) is 47.6 Å². The average molecular weight is 315 g/mol. The molecule has 1 aromatic carbocycles. The lowest BCUT2D eigenvalue weighted by molar-refractivity contribution is -0.137. The monoisotopic (exact) mass is 315 g/mol. The second kappa shape index (κ2) is 7.33. The number of hydrogen-bond donors (Lipinski definition) is 0. The average Bonchev–Trinajstić information content (AvgIpc) is 3.16. The van der Waals surface area contributed by atoms with Gasteiger partial charge >= 0.3 is 5.97 Å². The minimum Gasteiger partial charge on any atom is -0.463 e. The summed E-state index contributed by atoms with van der Waals surface area (Å²) in [5.74, 6) is 1.36. The molecule has 0 aliphatic carbocycles. The molecule has 3 rings (SSSR count). The van der Waals surface area contributed by atoms with Gasteiger partial charge in [-0.3, -0.25) is 4.90 Å². The third kappa shape index (κ3) is 4.13. The van der Waals surface area contributed by atoms with Crippen molar-refractivity contribution >= 4 is 5.97 Å². The lowest BCUT2D eigenvalue weighted by Gasteiger charge is -2.14. The summed E-state index contributed by atoms with van der Waals surface area (Å²) in [5, 5.41) is 0. The van der Waals surface area contributed by atoms with Crippen molar-refractivity contribution in [3.63, 3.8) is 0 Å². The number of fused-ring (bicyclic) bond motifs is 1. The quantitative estimate of drug-likeness (QED) is 0.617. The fourth-order valence-electron chi connectivity index (χ4n) is 2.77. The van der Waals surface area contributed by atoms with Crippen LogP contribution < -0.4 is 9.47 Å². The number of allylic oxidation sites excluding steroid dienone is 2. The molecule has 23 heavy (non-hydrogen) atoms. The second-order valence-electron chi connectivity index (χ2n) is 5.58. The Kier molecular flexibility index (Phi) is 4.98. The first kappa shape index (κ1) is 15.6. The van der Waals surface area contributed by atoms with E-state index in [9.17, 15) is 4.79 Å². The molecule has 1 saturated heterocycles. The van der Waals surface area contributed by atoms with E-state index in [1.165, 1.54) is 17.2 Å². The van der Waals surface area contributed by atoms with Crippen molar-refractivity contribution in [1.29, 1.82) is 0 Å². The highest BCUT2D eigenvalue weighted by molar-refractivity contribution is 5.82. The van der Waals surface area contributed by atoms with E-state index in [2.05, 4.69) is 11.0 Å². The van der Waals surface area contributed by atoms with Crippen LogP contribution in [0.15, 0.2) is 42.0 Å². The molecule has 5 heteroatoms. The molecule has 1 aromatic rings. The van der Waals surface area contributed by atoms with Crippen LogP contribution in [0.2, 0.25) is 0 Å². The van der Waals surface area contributed by atoms with Gasteiger partial charge in [0.25, 0.3) is 0 Å². The smallest absolute Gasteiger partial charge is 0.330 e. The molecule has 1 fully saturated rings. The van der Waals surface area contributed by atoms with Crippen LogP contribution >= 0.6 is 0 Å². The minimum absolute atomic E-state index is 0.292. The van der Waals surface area contributed by atoms with Crippen LogP contribution in [-0.4, -0.2) is 37.4 Å². The van der Waals surface area contributed by atoms with Crippen molar-refractivity contribution in [2.45, 2.75) is 19.9 Å². The summed E-state index contributed by atoms with van der Waals surface area (Å²) in [6, 6.07) is 6.09. The summed E-state index contributed by atoms with van der Waals surface area (Å²) in [7, 11) is 0. The van der Waals surface area contributed by atoms with Gasteiger partial charge in [0, 0.05) is 25.7 Å². The summed E-state index contributed by atoms with van der Waals surface area (Å²) in [6.45, 7) is 5.34. The fourth-order valence-corrected chi connectivity index (χ4v) is 2.77. The molecule has 0 spiro atoms. The molecule has 0 unspecified atom stereocenters. The van der Waals surface area contributed by atoms with Gasteiger partial charge in [0.1, 0.15) is 0 Å². The standard InChI is InChI=1S/C18H21NO4/c1-2-21-18(20)5-3-4-14-8-9-19(11-14)12-15-6-7-16-17(10-15)23-13-22-16/h3-7,10H,2,8-9,11-13H2,1H3/b5-3+,14-4?. The number of carbonyl (C=O) groups is 1. The van der Waals surface area contributed by atoms with Crippen LogP contribution in [0.4, 0.5) is 0 Å². The van der Waals surface area contributed by atoms with E-state index in [-0.39, 0.29) is 5.97 Å². The first-order chi connectivity index (χ1) is 11.2. The molecule has 0 N–H and O–H groups in total. The number of nitrogens with zero attached hydrogens (tertiary/aromatic N) is 1. The van der Waals surface area contributed by atoms with E-state index in [1.54, 1.807) is 13.0 Å². The minimum atomic E-state index is -0.292. The number of likely N-dealkylation sites (tertiary alicyclic amines) is 1. The van der Waals surface area contributed by atoms with Gasteiger partial charge in [-0.15, -0.1) is 0 Å². The topological polar surface area (TPSA) is 48.0 Å². The van der Waals surface area contributed by atoms with Gasteiger partial charge in [-0.1, -0.05) is 23.8 Å². The Morgan fingerprint density at radius 1 is 1.35 bits per heavy atom. The highest BCUT2D eigenvalue weighted by Crippen LogP contribution is 2.33. The van der Waals surface area contributed by atoms with Crippen molar-refractivity contribution in [3.8, 4) is 11.5 Å². The van der Waals surface area contributed by atoms with Gasteiger partial charge in [0.2, 0.25) is 6.79 Å². The molecule has 0 aromatic heterocycles. The Morgan fingerprint density at radius 2 is 2.22 bits per heavy atom. The molecule has 5 nitrogen and oxygen atoms in total. The molecular weight excluding hydrogens is 294 g/mol. The highest BCUT2D eigenvalue weighted by Gasteiger charge is 2.18. The van der Waals surface area contributed by atoms with Crippen LogP contribution in [0.5, 0.6) is 11.5 Å². The van der Waals surface area contributed by atoms with E-state index >= 15 is 0 Å². The number of rotatable bonds is 5. The van der Waals surface area contributed by atoms with Crippen LogP contribution in [0.3, 0.4) is 0 Å². The maximum atomic E-state index is 11.2. The van der Waals surface area contributed by atoms with Crippen LogP contribution in [0.25, 0.3) is 0 Å². The van der Waals surface area contributed by atoms with Crippen LogP contribution in [0, 0.1) is 0 Å². The van der Waals surface area contributed by atoms with Crippen molar-refractivity contribution in [2.24, 2.45) is 0 Å². The number of ether oxygens (including phenoxy) is 3. The third-order valence-corrected chi connectivity index (χ3v) is 3.87. The molecular formula is C18H21NO4. The fraction of sp³-hybridized carbons (Fsp3) is 0.389. The van der Waals surface area contributed by atoms with E-state index in [0.29, 0.717) is 13.4 Å². The maximum absolute atomic E-state index is 11.2. The molecule has 2 aliphatic rings. The van der Waals surface area contributed by atoms with E-state index in [1.807, 2.05) is 18.2 Å². The lowest BCUT2D eigenvalue weighted by atomic mass is 10.2. The SMILES string of the molecule is CCOC(=O)/C=C/C=C1CCN(Cc2ccc3c(c2)OCO3)C1. The van der Waals surface area contributed by atoms with Crippen LogP contribution in [-0.2, 0) is 16.1 Å². The van der Waals surface area contributed by atoms with Gasteiger partial charge in [0.15, 0.2) is 11.5 Å². The zero-order valence-electron chi connectivity index (χ0n) is 13.3. The molecule has 0 bridgehead atoms. The van der Waals surface area contributed by atoms with E-state index < -0.39 is 0 Å². The Hall–Kier alpha value is -2.27. The Bertz CT molecular complexity index is 636. The zero-order valence-corrected chi connectivity index (χ0v) is 13.3. The molecule has 0 radical (unpaired) electrons. The molecule has 0 saturated carbocycles. The molecule has 122 valence electrons. The zero-order chi connectivity index (χ0) is 16.1. The lowest BCUT2D eigenvalue weighted by Crippen LogP contribution is -2.18. The number of carbonyl (C=O) groups excluding carboxylic acids is 1. The first-order valence-electron chi connectivity index (χ1n) is 7.88. The van der Waals surface area contributed by atoms with Crippen molar-refractivity contribution < 1.29 is 19.0 Å². The molecule has 0 amide bonds. The second-order valence-corrected chi connectivity index (χ2v) is 5.58. The molecule has 2 aliphatic heterocycles. The third-order valence-electron chi connectivity index (χ3n) is 3.87. The normalized spacial score (nSPS) is 18.9. The van der Waals surface area contributed by atoms with Gasteiger partial charge in [-0.25, -0.2) is 4.79 Å². The summed E-state index contributed by atoms with van der Waals surface area (Å²) < 4.78 is 15.6. The van der Waals surface area contributed by atoms with Gasteiger partial charge < -0.3 is 14.2 Å². The van der Waals surface area contributed by atoms with Crippen LogP contribution in [0.1, 0.15) is 18.9 Å². The first-order valence-corrected chi connectivity index (χ1v) is 7.88. The maximum Gasteiger partial charge on any atom is 0.330 e.